The number of rotatable bonds is 10. The van der Waals surface area contributed by atoms with E-state index in [4.69, 9.17) is 4.74 Å². The summed E-state index contributed by atoms with van der Waals surface area (Å²) in [7, 11) is -1.75. The van der Waals surface area contributed by atoms with E-state index in [-0.39, 0.29) is 11.9 Å². The van der Waals surface area contributed by atoms with Gasteiger partial charge in [-0.25, -0.2) is 8.42 Å². The zero-order valence-electron chi connectivity index (χ0n) is 20.6. The summed E-state index contributed by atoms with van der Waals surface area (Å²) in [6, 6.07) is 15.1. The number of hydrogen-bond acceptors (Lipinski definition) is 5. The molecule has 0 aromatic heterocycles. The summed E-state index contributed by atoms with van der Waals surface area (Å²) in [5.41, 5.74) is 2.06. The SMILES string of the molecule is COc1ccccc1C(CNC(=O)CCc1ccc(S(=O)(=O)N2CCCCC2)cc1)N1CCCC1. The predicted octanol–water partition coefficient (Wildman–Crippen LogP) is 3.76. The molecule has 0 radical (unpaired) electrons. The van der Waals surface area contributed by atoms with Gasteiger partial charge < -0.3 is 10.1 Å². The second-order valence-electron chi connectivity index (χ2n) is 9.41. The highest BCUT2D eigenvalue weighted by Crippen LogP contribution is 2.31. The molecular weight excluding hydrogens is 462 g/mol. The van der Waals surface area contributed by atoms with Crippen LogP contribution in [-0.2, 0) is 21.2 Å². The van der Waals surface area contributed by atoms with Gasteiger partial charge in [0.05, 0.1) is 18.0 Å². The third-order valence-electron chi connectivity index (χ3n) is 7.09. The molecule has 8 heteroatoms. The number of piperidine rings is 1. The van der Waals surface area contributed by atoms with Gasteiger partial charge in [0.25, 0.3) is 0 Å². The molecular formula is C27H37N3O4S. The summed E-state index contributed by atoms with van der Waals surface area (Å²) in [4.78, 5) is 15.4. The molecule has 0 saturated carbocycles. The molecule has 1 N–H and O–H groups in total. The third-order valence-corrected chi connectivity index (χ3v) is 9.00. The molecule has 0 spiro atoms. The minimum Gasteiger partial charge on any atom is -0.496 e. The van der Waals surface area contributed by atoms with Crippen LogP contribution in [0, 0.1) is 0 Å². The van der Waals surface area contributed by atoms with Crippen molar-refractivity contribution in [3.8, 4) is 5.75 Å². The fraction of sp³-hybridized carbons (Fsp3) is 0.519. The van der Waals surface area contributed by atoms with Gasteiger partial charge in [0.15, 0.2) is 0 Å². The molecule has 4 rings (SSSR count). The van der Waals surface area contributed by atoms with E-state index in [1.54, 1.807) is 23.5 Å². The number of aryl methyl sites for hydroxylation is 1. The van der Waals surface area contributed by atoms with Crippen molar-refractivity contribution in [3.63, 3.8) is 0 Å². The Morgan fingerprint density at radius 1 is 0.943 bits per heavy atom. The van der Waals surface area contributed by atoms with Gasteiger partial charge in [0.1, 0.15) is 5.75 Å². The number of ether oxygens (including phenoxy) is 1. The van der Waals surface area contributed by atoms with Crippen molar-refractivity contribution in [2.45, 2.75) is 55.9 Å². The van der Waals surface area contributed by atoms with Gasteiger partial charge in [-0.3, -0.25) is 9.69 Å². The van der Waals surface area contributed by atoms with Crippen LogP contribution in [0.2, 0.25) is 0 Å². The average Bonchev–Trinajstić information content (AvgIpc) is 3.43. The molecule has 35 heavy (non-hydrogen) atoms. The van der Waals surface area contributed by atoms with Crippen LogP contribution in [0.25, 0.3) is 0 Å². The Morgan fingerprint density at radius 2 is 1.60 bits per heavy atom. The Labute approximate surface area is 209 Å². The number of likely N-dealkylation sites (tertiary alicyclic amines) is 1. The number of hydrogen-bond donors (Lipinski definition) is 1. The molecule has 2 saturated heterocycles. The maximum absolute atomic E-state index is 12.8. The zero-order chi connectivity index (χ0) is 24.7. The first-order valence-corrected chi connectivity index (χ1v) is 14.2. The quantitative estimate of drug-likeness (QED) is 0.539. The number of nitrogens with zero attached hydrogens (tertiary/aromatic N) is 2. The van der Waals surface area contributed by atoms with E-state index in [1.165, 1.54) is 12.8 Å². The van der Waals surface area contributed by atoms with Crippen LogP contribution in [0.5, 0.6) is 5.75 Å². The van der Waals surface area contributed by atoms with E-state index >= 15 is 0 Å². The first kappa shape index (κ1) is 25.7. The van der Waals surface area contributed by atoms with Gasteiger partial charge in [-0.05, 0) is 69.0 Å². The molecule has 2 aromatic rings. The number of nitrogens with one attached hydrogen (secondary N) is 1. The second-order valence-corrected chi connectivity index (χ2v) is 11.4. The van der Waals surface area contributed by atoms with Crippen molar-refractivity contribution in [1.82, 2.24) is 14.5 Å². The Hall–Kier alpha value is -2.42. The lowest BCUT2D eigenvalue weighted by molar-refractivity contribution is -0.121. The topological polar surface area (TPSA) is 78.9 Å². The molecule has 2 heterocycles. The van der Waals surface area contributed by atoms with Crippen LogP contribution in [0.1, 0.15) is 55.7 Å². The van der Waals surface area contributed by atoms with E-state index in [1.807, 2.05) is 30.3 Å². The number of carbonyl (C=O) groups excluding carboxylic acids is 1. The van der Waals surface area contributed by atoms with Crippen molar-refractivity contribution in [2.24, 2.45) is 0 Å². The second kappa shape index (κ2) is 12.0. The Balaban J connectivity index is 1.32. The number of sulfonamides is 1. The van der Waals surface area contributed by atoms with Crippen molar-refractivity contribution < 1.29 is 17.9 Å². The maximum atomic E-state index is 12.8. The van der Waals surface area contributed by atoms with Crippen LogP contribution >= 0.6 is 0 Å². The van der Waals surface area contributed by atoms with Crippen molar-refractivity contribution in [1.29, 1.82) is 0 Å². The van der Waals surface area contributed by atoms with Gasteiger partial charge in [-0.1, -0.05) is 36.8 Å². The average molecular weight is 500 g/mol. The molecule has 2 aliphatic heterocycles. The first-order valence-electron chi connectivity index (χ1n) is 12.7. The molecule has 0 aliphatic carbocycles. The summed E-state index contributed by atoms with van der Waals surface area (Å²) in [6.07, 6.45) is 6.19. The van der Waals surface area contributed by atoms with Crippen molar-refractivity contribution in [2.75, 3.05) is 39.8 Å². The Morgan fingerprint density at radius 3 is 2.29 bits per heavy atom. The van der Waals surface area contributed by atoms with Gasteiger partial charge >= 0.3 is 0 Å². The largest absolute Gasteiger partial charge is 0.496 e. The van der Waals surface area contributed by atoms with Crippen LogP contribution < -0.4 is 10.1 Å². The fourth-order valence-electron chi connectivity index (χ4n) is 5.07. The number of para-hydroxylation sites is 1. The highest BCUT2D eigenvalue weighted by atomic mass is 32.2. The Bertz CT molecular complexity index is 1080. The monoisotopic (exact) mass is 499 g/mol. The van der Waals surface area contributed by atoms with Crippen LogP contribution in [0.3, 0.4) is 0 Å². The van der Waals surface area contributed by atoms with Gasteiger partial charge in [0.2, 0.25) is 15.9 Å². The molecule has 1 atom stereocenters. The zero-order valence-corrected chi connectivity index (χ0v) is 21.4. The molecule has 1 unspecified atom stereocenters. The summed E-state index contributed by atoms with van der Waals surface area (Å²) in [5, 5.41) is 3.12. The van der Waals surface area contributed by atoms with Gasteiger partial charge in [-0.15, -0.1) is 0 Å². The maximum Gasteiger partial charge on any atom is 0.243 e. The summed E-state index contributed by atoms with van der Waals surface area (Å²) in [5.74, 6) is 0.840. The van der Waals surface area contributed by atoms with Gasteiger partial charge in [0, 0.05) is 31.6 Å². The summed E-state index contributed by atoms with van der Waals surface area (Å²) in [6.45, 7) is 3.76. The highest BCUT2D eigenvalue weighted by Gasteiger charge is 2.27. The lowest BCUT2D eigenvalue weighted by atomic mass is 10.0. The number of methoxy groups -OCH3 is 1. The molecule has 2 fully saturated rings. The number of amides is 1. The van der Waals surface area contributed by atoms with E-state index < -0.39 is 10.0 Å². The van der Waals surface area contributed by atoms with Crippen molar-refractivity contribution >= 4 is 15.9 Å². The summed E-state index contributed by atoms with van der Waals surface area (Å²) >= 11 is 0. The normalized spacial score (nSPS) is 18.3. The number of carbonyl (C=O) groups is 1. The fourth-order valence-corrected chi connectivity index (χ4v) is 6.59. The molecule has 190 valence electrons. The van der Waals surface area contributed by atoms with E-state index in [0.29, 0.717) is 37.4 Å². The predicted molar refractivity (Wildman–Crippen MR) is 137 cm³/mol. The Kier molecular flexibility index (Phi) is 8.81. The summed E-state index contributed by atoms with van der Waals surface area (Å²) < 4.78 is 32.8. The minimum absolute atomic E-state index is 0.00545. The number of benzene rings is 2. The minimum atomic E-state index is -3.43. The molecule has 2 aliphatic rings. The van der Waals surface area contributed by atoms with E-state index in [2.05, 4.69) is 16.3 Å². The van der Waals surface area contributed by atoms with Crippen LogP contribution in [0.4, 0.5) is 0 Å². The lowest BCUT2D eigenvalue weighted by Crippen LogP contribution is -2.37. The molecule has 7 nitrogen and oxygen atoms in total. The van der Waals surface area contributed by atoms with Crippen molar-refractivity contribution in [3.05, 3.63) is 59.7 Å². The van der Waals surface area contributed by atoms with Gasteiger partial charge in [-0.2, -0.15) is 4.31 Å². The highest BCUT2D eigenvalue weighted by molar-refractivity contribution is 7.89. The van der Waals surface area contributed by atoms with E-state index in [0.717, 1.165) is 49.2 Å². The third kappa shape index (κ3) is 6.42. The molecule has 2 aromatic carbocycles. The van der Waals surface area contributed by atoms with Crippen LogP contribution in [-0.4, -0.2) is 63.4 Å². The van der Waals surface area contributed by atoms with E-state index in [9.17, 15) is 13.2 Å². The van der Waals surface area contributed by atoms with Crippen LogP contribution in [0.15, 0.2) is 53.4 Å². The standard InChI is InChI=1S/C27H37N3O4S/c1-34-26-10-4-3-9-24(26)25(29-17-7-8-18-29)21-28-27(31)16-13-22-11-14-23(15-12-22)35(32,33)30-19-5-2-6-20-30/h3-4,9-12,14-15,25H,2,5-8,13,16-21H2,1H3,(H,28,31). The molecule has 0 bridgehead atoms. The smallest absolute Gasteiger partial charge is 0.243 e. The first-order chi connectivity index (χ1) is 17.0. The lowest BCUT2D eigenvalue weighted by Gasteiger charge is -2.29. The molecule has 1 amide bonds.